The first-order chi connectivity index (χ1) is 15.1. The average molecular weight is 460 g/mol. The van der Waals surface area contributed by atoms with E-state index >= 15 is 0 Å². The Labute approximate surface area is 191 Å². The fourth-order valence-electron chi connectivity index (χ4n) is 3.47. The highest BCUT2D eigenvalue weighted by molar-refractivity contribution is 7.92. The van der Waals surface area contributed by atoms with E-state index in [1.54, 1.807) is 17.9 Å². The smallest absolute Gasteiger partial charge is 0.242 e. The van der Waals surface area contributed by atoms with Gasteiger partial charge in [-0.15, -0.1) is 0 Å². The van der Waals surface area contributed by atoms with Crippen LogP contribution < -0.4 is 9.62 Å². The third-order valence-electron chi connectivity index (χ3n) is 5.16. The van der Waals surface area contributed by atoms with Gasteiger partial charge in [0.2, 0.25) is 21.8 Å². The molecule has 0 bridgehead atoms. The zero-order chi connectivity index (χ0) is 23.7. The van der Waals surface area contributed by atoms with Gasteiger partial charge in [-0.2, -0.15) is 0 Å². The number of likely N-dealkylation sites (N-methyl/N-ethyl adjacent to an activating group) is 1. The Morgan fingerprint density at radius 1 is 1.06 bits per heavy atom. The van der Waals surface area contributed by atoms with Crippen LogP contribution in [0.25, 0.3) is 0 Å². The number of hydrogen-bond acceptors (Lipinski definition) is 4. The monoisotopic (exact) mass is 459 g/mol. The van der Waals surface area contributed by atoms with Gasteiger partial charge in [0.1, 0.15) is 6.04 Å². The summed E-state index contributed by atoms with van der Waals surface area (Å²) in [5.74, 6) is -0.403. The summed E-state index contributed by atoms with van der Waals surface area (Å²) in [6, 6.07) is 16.1. The van der Waals surface area contributed by atoms with Crippen molar-refractivity contribution in [3.63, 3.8) is 0 Å². The van der Waals surface area contributed by atoms with E-state index in [1.807, 2.05) is 62.4 Å². The fraction of sp³-hybridized carbons (Fsp3) is 0.417. The van der Waals surface area contributed by atoms with Gasteiger partial charge in [0, 0.05) is 26.1 Å². The van der Waals surface area contributed by atoms with Crippen molar-refractivity contribution in [2.45, 2.75) is 46.2 Å². The Hall–Kier alpha value is -2.87. The van der Waals surface area contributed by atoms with Crippen molar-refractivity contribution < 1.29 is 18.0 Å². The van der Waals surface area contributed by atoms with E-state index in [0.717, 1.165) is 17.4 Å². The van der Waals surface area contributed by atoms with Crippen LogP contribution in [0.1, 0.15) is 37.8 Å². The highest BCUT2D eigenvalue weighted by atomic mass is 32.2. The third kappa shape index (κ3) is 7.37. The standard InChI is InChI=1S/C24H33N3O4S/c1-5-25-24(29)20(3)26(18-21-12-7-6-8-13-21)23(28)15-10-16-27(32(4,30)31)22-14-9-11-19(2)17-22/h6-9,11-14,17,20H,5,10,15-16,18H2,1-4H3,(H,25,29)/t20-/m0/s1. The molecule has 0 aliphatic heterocycles. The topological polar surface area (TPSA) is 86.8 Å². The Balaban J connectivity index is 2.12. The number of carbonyl (C=O) groups excluding carboxylic acids is 2. The maximum atomic E-state index is 13.1. The summed E-state index contributed by atoms with van der Waals surface area (Å²) >= 11 is 0. The first-order valence-corrected chi connectivity index (χ1v) is 12.6. The summed E-state index contributed by atoms with van der Waals surface area (Å²) in [6.07, 6.45) is 1.64. The van der Waals surface area contributed by atoms with Crippen LogP contribution in [0.4, 0.5) is 5.69 Å². The molecule has 174 valence electrons. The number of hydrogen-bond donors (Lipinski definition) is 1. The molecule has 0 aromatic heterocycles. The van der Waals surface area contributed by atoms with Gasteiger partial charge in [0.05, 0.1) is 11.9 Å². The van der Waals surface area contributed by atoms with Crippen LogP contribution in [-0.2, 0) is 26.2 Å². The maximum Gasteiger partial charge on any atom is 0.242 e. The lowest BCUT2D eigenvalue weighted by atomic mass is 10.1. The maximum absolute atomic E-state index is 13.1. The summed E-state index contributed by atoms with van der Waals surface area (Å²) in [6.45, 7) is 6.42. The van der Waals surface area contributed by atoms with Crippen molar-refractivity contribution in [3.05, 3.63) is 65.7 Å². The normalized spacial score (nSPS) is 12.1. The first-order valence-electron chi connectivity index (χ1n) is 10.8. The van der Waals surface area contributed by atoms with Crippen LogP contribution >= 0.6 is 0 Å². The molecule has 0 aliphatic carbocycles. The van der Waals surface area contributed by atoms with Gasteiger partial charge in [-0.25, -0.2) is 8.42 Å². The number of nitrogens with one attached hydrogen (secondary N) is 1. The van der Waals surface area contributed by atoms with Crippen LogP contribution in [-0.4, -0.2) is 50.5 Å². The highest BCUT2D eigenvalue weighted by Crippen LogP contribution is 2.20. The number of sulfonamides is 1. The predicted octanol–water partition coefficient (Wildman–Crippen LogP) is 3.09. The molecule has 2 aromatic carbocycles. The van der Waals surface area contributed by atoms with Crippen LogP contribution in [0, 0.1) is 6.92 Å². The minimum Gasteiger partial charge on any atom is -0.355 e. The zero-order valence-corrected chi connectivity index (χ0v) is 20.1. The molecular weight excluding hydrogens is 426 g/mol. The summed E-state index contributed by atoms with van der Waals surface area (Å²) in [5.41, 5.74) is 2.46. The SMILES string of the molecule is CCNC(=O)[C@H](C)N(Cc1ccccc1)C(=O)CCCN(c1cccc(C)c1)S(C)(=O)=O. The van der Waals surface area contributed by atoms with Gasteiger partial charge in [0.15, 0.2) is 0 Å². The van der Waals surface area contributed by atoms with Crippen molar-refractivity contribution in [2.24, 2.45) is 0 Å². The molecule has 0 spiro atoms. The van der Waals surface area contributed by atoms with E-state index in [1.165, 1.54) is 4.31 Å². The molecule has 0 fully saturated rings. The largest absolute Gasteiger partial charge is 0.355 e. The minimum atomic E-state index is -3.49. The van der Waals surface area contributed by atoms with Crippen LogP contribution in [0.3, 0.4) is 0 Å². The Morgan fingerprint density at radius 2 is 1.75 bits per heavy atom. The van der Waals surface area contributed by atoms with E-state index in [4.69, 9.17) is 0 Å². The Kier molecular flexibility index (Phi) is 9.26. The molecule has 0 aliphatic rings. The lowest BCUT2D eigenvalue weighted by molar-refractivity contribution is -0.140. The summed E-state index contributed by atoms with van der Waals surface area (Å²) < 4.78 is 26.0. The molecule has 2 rings (SSSR count). The quantitative estimate of drug-likeness (QED) is 0.559. The molecule has 1 atom stereocenters. The van der Waals surface area contributed by atoms with Crippen molar-refractivity contribution >= 4 is 27.5 Å². The van der Waals surface area contributed by atoms with Crippen LogP contribution in [0.5, 0.6) is 0 Å². The molecule has 7 nitrogen and oxygen atoms in total. The molecule has 8 heteroatoms. The summed E-state index contributed by atoms with van der Waals surface area (Å²) in [5, 5.41) is 2.77. The molecule has 0 saturated heterocycles. The lowest BCUT2D eigenvalue weighted by Crippen LogP contribution is -2.47. The molecule has 2 amide bonds. The number of amides is 2. The Bertz CT molecular complexity index is 1010. The number of aryl methyl sites for hydroxylation is 1. The van der Waals surface area contributed by atoms with E-state index in [-0.39, 0.29) is 24.8 Å². The second-order valence-electron chi connectivity index (χ2n) is 7.86. The van der Waals surface area contributed by atoms with Gasteiger partial charge in [-0.1, -0.05) is 42.5 Å². The first kappa shape index (κ1) is 25.4. The van der Waals surface area contributed by atoms with E-state index in [9.17, 15) is 18.0 Å². The van der Waals surface area contributed by atoms with Crippen LogP contribution in [0.15, 0.2) is 54.6 Å². The van der Waals surface area contributed by atoms with Crippen molar-refractivity contribution in [2.75, 3.05) is 23.7 Å². The second-order valence-corrected chi connectivity index (χ2v) is 9.76. The molecular formula is C24H33N3O4S. The number of anilines is 1. The molecule has 2 aromatic rings. The summed E-state index contributed by atoms with van der Waals surface area (Å²) in [4.78, 5) is 27.1. The third-order valence-corrected chi connectivity index (χ3v) is 6.35. The van der Waals surface area contributed by atoms with Gasteiger partial charge in [0.25, 0.3) is 0 Å². The number of rotatable bonds is 11. The molecule has 0 heterocycles. The molecule has 32 heavy (non-hydrogen) atoms. The fourth-order valence-corrected chi connectivity index (χ4v) is 4.43. The lowest BCUT2D eigenvalue weighted by Gasteiger charge is -2.29. The van der Waals surface area contributed by atoms with Crippen molar-refractivity contribution in [1.29, 1.82) is 0 Å². The number of carbonyl (C=O) groups is 2. The van der Waals surface area contributed by atoms with E-state index in [0.29, 0.717) is 25.2 Å². The minimum absolute atomic E-state index is 0.133. The summed E-state index contributed by atoms with van der Waals surface area (Å²) in [7, 11) is -3.49. The highest BCUT2D eigenvalue weighted by Gasteiger charge is 2.26. The average Bonchev–Trinajstić information content (AvgIpc) is 2.74. The second kappa shape index (κ2) is 11.7. The number of benzene rings is 2. The molecule has 0 unspecified atom stereocenters. The zero-order valence-electron chi connectivity index (χ0n) is 19.2. The van der Waals surface area contributed by atoms with Crippen molar-refractivity contribution in [3.8, 4) is 0 Å². The van der Waals surface area contributed by atoms with Gasteiger partial charge in [-0.3, -0.25) is 13.9 Å². The van der Waals surface area contributed by atoms with Gasteiger partial charge < -0.3 is 10.2 Å². The predicted molar refractivity (Wildman–Crippen MR) is 128 cm³/mol. The van der Waals surface area contributed by atoms with Gasteiger partial charge in [-0.05, 0) is 50.5 Å². The molecule has 0 radical (unpaired) electrons. The van der Waals surface area contributed by atoms with Gasteiger partial charge >= 0.3 is 0 Å². The van der Waals surface area contributed by atoms with E-state index < -0.39 is 16.1 Å². The molecule has 1 N–H and O–H groups in total. The van der Waals surface area contributed by atoms with Crippen LogP contribution in [0.2, 0.25) is 0 Å². The van der Waals surface area contributed by atoms with E-state index in [2.05, 4.69) is 5.32 Å². The Morgan fingerprint density at radius 3 is 2.34 bits per heavy atom. The molecule has 0 saturated carbocycles. The van der Waals surface area contributed by atoms with Crippen molar-refractivity contribution in [1.82, 2.24) is 10.2 Å². The number of nitrogens with zero attached hydrogens (tertiary/aromatic N) is 2.